The van der Waals surface area contributed by atoms with Crippen LogP contribution in [0.25, 0.3) is 10.6 Å². The van der Waals surface area contributed by atoms with Crippen LogP contribution in [0.5, 0.6) is 11.5 Å². The number of amides is 1. The lowest BCUT2D eigenvalue weighted by atomic mass is 10.2. The Kier molecular flexibility index (Phi) is 6.08. The molecule has 140 valence electrons. The van der Waals surface area contributed by atoms with E-state index in [0.29, 0.717) is 18.0 Å². The summed E-state index contributed by atoms with van der Waals surface area (Å²) in [5.74, 6) is 1.49. The van der Waals surface area contributed by atoms with Crippen LogP contribution in [0.3, 0.4) is 0 Å². The number of ether oxygens (including phenoxy) is 2. The van der Waals surface area contributed by atoms with Crippen LogP contribution in [0.1, 0.15) is 15.4 Å². The summed E-state index contributed by atoms with van der Waals surface area (Å²) in [6.07, 6.45) is 0. The van der Waals surface area contributed by atoms with Crippen LogP contribution in [-0.4, -0.2) is 43.1 Å². The lowest BCUT2D eigenvalue weighted by Gasteiger charge is -2.17. The van der Waals surface area contributed by atoms with Crippen molar-refractivity contribution in [2.45, 2.75) is 6.92 Å². The summed E-state index contributed by atoms with van der Waals surface area (Å²) in [5, 5.41) is 0.860. The van der Waals surface area contributed by atoms with Crippen LogP contribution in [0.2, 0.25) is 0 Å². The number of nitrogens with zero attached hydrogens (tertiary/aromatic N) is 2. The highest BCUT2D eigenvalue weighted by Gasteiger charge is 2.19. The van der Waals surface area contributed by atoms with E-state index in [4.69, 9.17) is 9.47 Å². The van der Waals surface area contributed by atoms with Crippen LogP contribution in [0.15, 0.2) is 54.6 Å². The molecule has 5 nitrogen and oxygen atoms in total. The van der Waals surface area contributed by atoms with E-state index in [1.54, 1.807) is 19.1 Å². The first-order valence-electron chi connectivity index (χ1n) is 8.63. The van der Waals surface area contributed by atoms with Gasteiger partial charge in [-0.15, -0.1) is 11.3 Å². The third-order valence-electron chi connectivity index (χ3n) is 4.11. The first kappa shape index (κ1) is 18.9. The fourth-order valence-corrected chi connectivity index (χ4v) is 3.61. The minimum Gasteiger partial charge on any atom is -0.497 e. The largest absolute Gasteiger partial charge is 0.497 e. The summed E-state index contributed by atoms with van der Waals surface area (Å²) in [6, 6.07) is 17.3. The smallest absolute Gasteiger partial charge is 0.265 e. The van der Waals surface area contributed by atoms with E-state index in [2.05, 4.69) is 4.98 Å². The fraction of sp³-hybridized carbons (Fsp3) is 0.238. The van der Waals surface area contributed by atoms with Gasteiger partial charge in [0.25, 0.3) is 5.91 Å². The zero-order valence-electron chi connectivity index (χ0n) is 15.6. The zero-order chi connectivity index (χ0) is 19.2. The van der Waals surface area contributed by atoms with Gasteiger partial charge < -0.3 is 14.4 Å². The molecule has 2 aromatic carbocycles. The van der Waals surface area contributed by atoms with Gasteiger partial charge in [0.15, 0.2) is 0 Å². The highest BCUT2D eigenvalue weighted by molar-refractivity contribution is 7.17. The SMILES string of the molecule is COc1ccc(OCCN(C)C(=O)c2sc(-c3ccccc3)nc2C)cc1. The van der Waals surface area contributed by atoms with Gasteiger partial charge in [0.05, 0.1) is 19.3 Å². The van der Waals surface area contributed by atoms with Crippen molar-refractivity contribution in [1.82, 2.24) is 9.88 Å². The van der Waals surface area contributed by atoms with Crippen molar-refractivity contribution in [3.05, 3.63) is 65.2 Å². The number of rotatable bonds is 7. The van der Waals surface area contributed by atoms with Gasteiger partial charge in [-0.1, -0.05) is 30.3 Å². The molecule has 0 N–H and O–H groups in total. The molecule has 0 fully saturated rings. The molecular formula is C21H22N2O3S. The van der Waals surface area contributed by atoms with Gasteiger partial charge in [-0.25, -0.2) is 4.98 Å². The summed E-state index contributed by atoms with van der Waals surface area (Å²) >= 11 is 1.43. The Morgan fingerprint density at radius 1 is 1.07 bits per heavy atom. The Balaban J connectivity index is 1.59. The van der Waals surface area contributed by atoms with Crippen LogP contribution in [0, 0.1) is 6.92 Å². The number of aryl methyl sites for hydroxylation is 1. The molecule has 0 radical (unpaired) electrons. The predicted molar refractivity (Wildman–Crippen MR) is 108 cm³/mol. The van der Waals surface area contributed by atoms with Gasteiger partial charge in [0.2, 0.25) is 0 Å². The molecule has 0 saturated heterocycles. The Labute approximate surface area is 163 Å². The van der Waals surface area contributed by atoms with Crippen molar-refractivity contribution in [3.8, 4) is 22.1 Å². The van der Waals surface area contributed by atoms with E-state index < -0.39 is 0 Å². The van der Waals surface area contributed by atoms with E-state index in [9.17, 15) is 4.79 Å². The Morgan fingerprint density at radius 2 is 1.74 bits per heavy atom. The minimum atomic E-state index is -0.0366. The molecule has 6 heteroatoms. The second-order valence-electron chi connectivity index (χ2n) is 6.05. The highest BCUT2D eigenvalue weighted by atomic mass is 32.1. The monoisotopic (exact) mass is 382 g/mol. The maximum atomic E-state index is 12.8. The van der Waals surface area contributed by atoms with Crippen LogP contribution in [-0.2, 0) is 0 Å². The molecule has 1 heterocycles. The van der Waals surface area contributed by atoms with Crippen molar-refractivity contribution >= 4 is 17.2 Å². The second kappa shape index (κ2) is 8.68. The third-order valence-corrected chi connectivity index (χ3v) is 5.31. The average molecular weight is 382 g/mol. The van der Waals surface area contributed by atoms with Crippen LogP contribution < -0.4 is 9.47 Å². The zero-order valence-corrected chi connectivity index (χ0v) is 16.5. The third kappa shape index (κ3) is 4.65. The van der Waals surface area contributed by atoms with E-state index in [0.717, 1.165) is 27.8 Å². The number of carbonyl (C=O) groups excluding carboxylic acids is 1. The number of likely N-dealkylation sites (N-methyl/N-ethyl adjacent to an activating group) is 1. The highest BCUT2D eigenvalue weighted by Crippen LogP contribution is 2.28. The summed E-state index contributed by atoms with van der Waals surface area (Å²) in [5.41, 5.74) is 1.78. The Morgan fingerprint density at radius 3 is 2.41 bits per heavy atom. The molecule has 0 aliphatic rings. The van der Waals surface area contributed by atoms with E-state index >= 15 is 0 Å². The summed E-state index contributed by atoms with van der Waals surface area (Å²) < 4.78 is 10.8. The summed E-state index contributed by atoms with van der Waals surface area (Å²) in [4.78, 5) is 19.6. The maximum Gasteiger partial charge on any atom is 0.265 e. The number of hydrogen-bond donors (Lipinski definition) is 0. The van der Waals surface area contributed by atoms with Gasteiger partial charge in [0.1, 0.15) is 28.0 Å². The molecule has 0 bridgehead atoms. The topological polar surface area (TPSA) is 51.7 Å². The fourth-order valence-electron chi connectivity index (χ4n) is 2.55. The van der Waals surface area contributed by atoms with Gasteiger partial charge in [0, 0.05) is 12.6 Å². The molecule has 1 aromatic heterocycles. The lowest BCUT2D eigenvalue weighted by Crippen LogP contribution is -2.30. The molecule has 3 aromatic rings. The molecule has 27 heavy (non-hydrogen) atoms. The summed E-state index contributed by atoms with van der Waals surface area (Å²) in [7, 11) is 3.40. The number of benzene rings is 2. The molecule has 0 unspecified atom stereocenters. The predicted octanol–water partition coefficient (Wildman–Crippen LogP) is 4.28. The molecule has 0 aliphatic heterocycles. The van der Waals surface area contributed by atoms with Gasteiger partial charge in [-0.2, -0.15) is 0 Å². The number of hydrogen-bond acceptors (Lipinski definition) is 5. The van der Waals surface area contributed by atoms with Gasteiger partial charge in [-0.3, -0.25) is 4.79 Å². The summed E-state index contributed by atoms with van der Waals surface area (Å²) in [6.45, 7) is 2.78. The number of carbonyl (C=O) groups is 1. The number of thiazole rings is 1. The first-order chi connectivity index (χ1) is 13.1. The molecule has 0 spiro atoms. The van der Waals surface area contributed by atoms with Gasteiger partial charge in [-0.05, 0) is 31.2 Å². The molecule has 0 aliphatic carbocycles. The first-order valence-corrected chi connectivity index (χ1v) is 9.45. The molecule has 0 atom stereocenters. The normalized spacial score (nSPS) is 10.5. The van der Waals surface area contributed by atoms with Crippen LogP contribution in [0.4, 0.5) is 0 Å². The second-order valence-corrected chi connectivity index (χ2v) is 7.05. The van der Waals surface area contributed by atoms with Crippen molar-refractivity contribution in [2.75, 3.05) is 27.3 Å². The minimum absolute atomic E-state index is 0.0366. The molecule has 3 rings (SSSR count). The standard InChI is InChI=1S/C21H22N2O3S/c1-15-19(27-20(22-15)16-7-5-4-6-8-16)21(24)23(2)13-14-26-18-11-9-17(25-3)10-12-18/h4-12H,13-14H2,1-3H3. The van der Waals surface area contributed by atoms with E-state index in [1.807, 2.05) is 61.5 Å². The van der Waals surface area contributed by atoms with Crippen LogP contribution >= 0.6 is 11.3 Å². The van der Waals surface area contributed by atoms with Crippen molar-refractivity contribution in [2.24, 2.45) is 0 Å². The average Bonchev–Trinajstić information content (AvgIpc) is 3.10. The van der Waals surface area contributed by atoms with E-state index in [-0.39, 0.29) is 5.91 Å². The lowest BCUT2D eigenvalue weighted by molar-refractivity contribution is 0.0777. The Hall–Kier alpha value is -2.86. The van der Waals surface area contributed by atoms with Gasteiger partial charge >= 0.3 is 0 Å². The van der Waals surface area contributed by atoms with Crippen molar-refractivity contribution in [1.29, 1.82) is 0 Å². The molecular weight excluding hydrogens is 360 g/mol. The van der Waals surface area contributed by atoms with E-state index in [1.165, 1.54) is 11.3 Å². The van der Waals surface area contributed by atoms with Crippen molar-refractivity contribution < 1.29 is 14.3 Å². The number of methoxy groups -OCH3 is 1. The van der Waals surface area contributed by atoms with Crippen molar-refractivity contribution in [3.63, 3.8) is 0 Å². The maximum absolute atomic E-state index is 12.8. The quantitative estimate of drug-likeness (QED) is 0.612. The Bertz CT molecular complexity index is 892. The molecule has 1 amide bonds. The molecule has 0 saturated carbocycles. The number of aromatic nitrogens is 1.